The van der Waals surface area contributed by atoms with E-state index < -0.39 is 0 Å². The molecule has 2 unspecified atom stereocenters. The van der Waals surface area contributed by atoms with Crippen molar-refractivity contribution in [2.75, 3.05) is 42.6 Å². The molecular formula is C17H26N4O. The summed E-state index contributed by atoms with van der Waals surface area (Å²) < 4.78 is 5.75. The summed E-state index contributed by atoms with van der Waals surface area (Å²) in [6, 6.07) is 2.13. The third-order valence-electron chi connectivity index (χ3n) is 4.54. The lowest BCUT2D eigenvalue weighted by Gasteiger charge is -2.32. The van der Waals surface area contributed by atoms with Gasteiger partial charge in [0.05, 0.1) is 12.7 Å². The van der Waals surface area contributed by atoms with E-state index in [0.717, 1.165) is 50.2 Å². The minimum Gasteiger partial charge on any atom is -0.372 e. The van der Waals surface area contributed by atoms with Gasteiger partial charge in [0.1, 0.15) is 18.0 Å². The molecule has 0 aliphatic carbocycles. The van der Waals surface area contributed by atoms with Crippen LogP contribution in [0.2, 0.25) is 0 Å². The number of nitrogens with zero attached hydrogens (tertiary/aromatic N) is 4. The van der Waals surface area contributed by atoms with E-state index in [1.165, 1.54) is 12.8 Å². The highest BCUT2D eigenvalue weighted by atomic mass is 16.5. The highest BCUT2D eigenvalue weighted by Gasteiger charge is 2.25. The first-order valence-corrected chi connectivity index (χ1v) is 8.30. The molecule has 2 aliphatic rings. The Morgan fingerprint density at radius 3 is 2.73 bits per heavy atom. The zero-order chi connectivity index (χ0) is 15.4. The van der Waals surface area contributed by atoms with Crippen molar-refractivity contribution < 1.29 is 4.74 Å². The average Bonchev–Trinajstić information content (AvgIpc) is 3.02. The van der Waals surface area contributed by atoms with Gasteiger partial charge >= 0.3 is 0 Å². The molecule has 0 saturated carbocycles. The zero-order valence-corrected chi connectivity index (χ0v) is 13.4. The van der Waals surface area contributed by atoms with Gasteiger partial charge in [-0.25, -0.2) is 9.97 Å². The van der Waals surface area contributed by atoms with Crippen molar-refractivity contribution in [1.29, 1.82) is 0 Å². The zero-order valence-electron chi connectivity index (χ0n) is 13.4. The number of piperidine rings is 1. The van der Waals surface area contributed by atoms with Gasteiger partial charge in [-0.15, -0.1) is 6.58 Å². The molecular weight excluding hydrogens is 276 g/mol. The van der Waals surface area contributed by atoms with E-state index in [1.807, 2.05) is 6.08 Å². The summed E-state index contributed by atoms with van der Waals surface area (Å²) in [6.45, 7) is 10.7. The predicted octanol–water partition coefficient (Wildman–Crippen LogP) is 2.49. The quantitative estimate of drug-likeness (QED) is 0.782. The molecule has 5 nitrogen and oxygen atoms in total. The number of hydrogen-bond donors (Lipinski definition) is 0. The van der Waals surface area contributed by atoms with E-state index in [1.54, 1.807) is 6.33 Å². The predicted molar refractivity (Wildman–Crippen MR) is 89.4 cm³/mol. The van der Waals surface area contributed by atoms with E-state index in [2.05, 4.69) is 39.3 Å². The molecule has 120 valence electrons. The molecule has 1 aromatic rings. The maximum Gasteiger partial charge on any atom is 0.134 e. The molecule has 1 aromatic heterocycles. The smallest absolute Gasteiger partial charge is 0.134 e. The third-order valence-corrected chi connectivity index (χ3v) is 4.54. The molecule has 2 aliphatic heterocycles. The summed E-state index contributed by atoms with van der Waals surface area (Å²) in [5.41, 5.74) is 0. The maximum absolute atomic E-state index is 5.75. The molecule has 2 saturated heterocycles. The molecule has 0 amide bonds. The SMILES string of the molecule is C=CCOC1CCN(c2cc(N3CCCC(C)C3)ncn2)C1. The summed E-state index contributed by atoms with van der Waals surface area (Å²) >= 11 is 0. The van der Waals surface area contributed by atoms with Crippen LogP contribution in [-0.2, 0) is 4.74 Å². The summed E-state index contributed by atoms with van der Waals surface area (Å²) in [5, 5.41) is 0. The lowest BCUT2D eigenvalue weighted by Crippen LogP contribution is -2.35. The Morgan fingerprint density at radius 2 is 2.00 bits per heavy atom. The Hall–Kier alpha value is -1.62. The largest absolute Gasteiger partial charge is 0.372 e. The van der Waals surface area contributed by atoms with Crippen LogP contribution in [0.15, 0.2) is 25.0 Å². The topological polar surface area (TPSA) is 41.5 Å². The summed E-state index contributed by atoms with van der Waals surface area (Å²) in [6.07, 6.45) is 7.41. The summed E-state index contributed by atoms with van der Waals surface area (Å²) in [4.78, 5) is 13.6. The molecule has 0 spiro atoms. The van der Waals surface area contributed by atoms with Gasteiger partial charge in [-0.05, 0) is 25.2 Å². The van der Waals surface area contributed by atoms with Crippen LogP contribution in [-0.4, -0.2) is 48.9 Å². The van der Waals surface area contributed by atoms with Gasteiger partial charge in [0.15, 0.2) is 0 Å². The first kappa shape index (κ1) is 15.3. The second kappa shape index (κ2) is 7.09. The van der Waals surface area contributed by atoms with Crippen molar-refractivity contribution in [3.63, 3.8) is 0 Å². The Labute approximate surface area is 133 Å². The van der Waals surface area contributed by atoms with Gasteiger partial charge < -0.3 is 14.5 Å². The molecule has 2 fully saturated rings. The first-order chi connectivity index (χ1) is 10.8. The van der Waals surface area contributed by atoms with Gasteiger partial charge in [0.2, 0.25) is 0 Å². The lowest BCUT2D eigenvalue weighted by molar-refractivity contribution is 0.0909. The molecule has 0 N–H and O–H groups in total. The first-order valence-electron chi connectivity index (χ1n) is 8.30. The fraction of sp³-hybridized carbons (Fsp3) is 0.647. The van der Waals surface area contributed by atoms with Gasteiger partial charge in [-0.1, -0.05) is 13.0 Å². The molecule has 22 heavy (non-hydrogen) atoms. The van der Waals surface area contributed by atoms with Crippen molar-refractivity contribution in [3.05, 3.63) is 25.0 Å². The Bertz CT molecular complexity index is 507. The number of rotatable bonds is 5. The van der Waals surface area contributed by atoms with Crippen molar-refractivity contribution in [1.82, 2.24) is 9.97 Å². The van der Waals surface area contributed by atoms with E-state index in [-0.39, 0.29) is 6.10 Å². The summed E-state index contributed by atoms with van der Waals surface area (Å²) in [5.74, 6) is 2.83. The minimum atomic E-state index is 0.284. The molecule has 0 aromatic carbocycles. The fourth-order valence-corrected chi connectivity index (χ4v) is 3.36. The lowest BCUT2D eigenvalue weighted by atomic mass is 10.0. The van der Waals surface area contributed by atoms with E-state index in [4.69, 9.17) is 4.74 Å². The van der Waals surface area contributed by atoms with E-state index in [0.29, 0.717) is 6.61 Å². The summed E-state index contributed by atoms with van der Waals surface area (Å²) in [7, 11) is 0. The number of anilines is 2. The average molecular weight is 302 g/mol. The van der Waals surface area contributed by atoms with Crippen LogP contribution < -0.4 is 9.80 Å². The third kappa shape index (κ3) is 3.58. The maximum atomic E-state index is 5.75. The second-order valence-electron chi connectivity index (χ2n) is 6.41. The van der Waals surface area contributed by atoms with Crippen LogP contribution in [0, 0.1) is 5.92 Å². The van der Waals surface area contributed by atoms with Crippen molar-refractivity contribution in [2.24, 2.45) is 5.92 Å². The molecule has 2 atom stereocenters. The second-order valence-corrected chi connectivity index (χ2v) is 6.41. The van der Waals surface area contributed by atoms with Gasteiger partial charge in [-0.3, -0.25) is 0 Å². The number of ether oxygens (including phenoxy) is 1. The molecule has 3 heterocycles. The van der Waals surface area contributed by atoms with Crippen LogP contribution in [0.1, 0.15) is 26.2 Å². The molecule has 3 rings (SSSR count). The van der Waals surface area contributed by atoms with Crippen LogP contribution in [0.3, 0.4) is 0 Å². The molecule has 0 radical (unpaired) electrons. The monoisotopic (exact) mass is 302 g/mol. The van der Waals surface area contributed by atoms with Gasteiger partial charge in [0, 0.05) is 32.2 Å². The Morgan fingerprint density at radius 1 is 1.23 bits per heavy atom. The molecule has 5 heteroatoms. The van der Waals surface area contributed by atoms with E-state index >= 15 is 0 Å². The Kier molecular flexibility index (Phi) is 4.93. The molecule has 0 bridgehead atoms. The highest BCUT2D eigenvalue weighted by molar-refractivity contribution is 5.51. The van der Waals surface area contributed by atoms with Crippen LogP contribution in [0.5, 0.6) is 0 Å². The van der Waals surface area contributed by atoms with Crippen molar-refractivity contribution in [2.45, 2.75) is 32.3 Å². The van der Waals surface area contributed by atoms with Crippen LogP contribution >= 0.6 is 0 Å². The Balaban J connectivity index is 1.65. The number of aromatic nitrogens is 2. The van der Waals surface area contributed by atoms with Crippen LogP contribution in [0.25, 0.3) is 0 Å². The van der Waals surface area contributed by atoms with Crippen molar-refractivity contribution in [3.8, 4) is 0 Å². The van der Waals surface area contributed by atoms with E-state index in [9.17, 15) is 0 Å². The number of hydrogen-bond acceptors (Lipinski definition) is 5. The minimum absolute atomic E-state index is 0.284. The standard InChI is InChI=1S/C17H26N4O/c1-3-9-22-15-6-8-21(12-15)17-10-16(18-13-19-17)20-7-4-5-14(2)11-20/h3,10,13-15H,1,4-9,11-12H2,2H3. The fourth-order valence-electron chi connectivity index (χ4n) is 3.36. The van der Waals surface area contributed by atoms with Gasteiger partial charge in [0.25, 0.3) is 0 Å². The normalized spacial score (nSPS) is 25.5. The van der Waals surface area contributed by atoms with Crippen molar-refractivity contribution >= 4 is 11.6 Å². The van der Waals surface area contributed by atoms with Gasteiger partial charge in [-0.2, -0.15) is 0 Å². The highest BCUT2D eigenvalue weighted by Crippen LogP contribution is 2.25. The van der Waals surface area contributed by atoms with Crippen LogP contribution in [0.4, 0.5) is 11.6 Å².